The fourth-order valence-corrected chi connectivity index (χ4v) is 3.48. The van der Waals surface area contributed by atoms with Crippen molar-refractivity contribution in [2.75, 3.05) is 13.2 Å². The van der Waals surface area contributed by atoms with Crippen molar-refractivity contribution in [1.82, 2.24) is 15.3 Å². The van der Waals surface area contributed by atoms with Crippen molar-refractivity contribution in [3.63, 3.8) is 0 Å². The van der Waals surface area contributed by atoms with Crippen LogP contribution in [0.5, 0.6) is 11.6 Å². The Morgan fingerprint density at radius 1 is 1.18 bits per heavy atom. The number of hydrogen-bond donors (Lipinski definition) is 1. The lowest BCUT2D eigenvalue weighted by Gasteiger charge is -2.28. The van der Waals surface area contributed by atoms with Crippen LogP contribution in [0.25, 0.3) is 11.1 Å². The molecule has 1 aliphatic heterocycles. The summed E-state index contributed by atoms with van der Waals surface area (Å²) in [5, 5.41) is 2.87. The van der Waals surface area contributed by atoms with Gasteiger partial charge in [0, 0.05) is 36.5 Å². The first-order valence-electron chi connectivity index (χ1n) is 10.1. The highest BCUT2D eigenvalue weighted by Crippen LogP contribution is 2.34. The number of aromatic nitrogens is 2. The topological polar surface area (TPSA) is 73.3 Å². The Morgan fingerprint density at radius 2 is 2.03 bits per heavy atom. The first kappa shape index (κ1) is 22.5. The number of hydrogen-bond acceptors (Lipinski definition) is 5. The van der Waals surface area contributed by atoms with E-state index in [4.69, 9.17) is 9.47 Å². The van der Waals surface area contributed by atoms with Crippen LogP contribution in [-0.2, 0) is 6.42 Å². The molecule has 33 heavy (non-hydrogen) atoms. The predicted molar refractivity (Wildman–Crippen MR) is 110 cm³/mol. The minimum absolute atomic E-state index is 0.0000444. The molecule has 1 aliphatic rings. The molecule has 3 heterocycles. The number of pyridine rings is 2. The van der Waals surface area contributed by atoms with E-state index in [1.807, 2.05) is 18.2 Å². The van der Waals surface area contributed by atoms with Crippen LogP contribution in [-0.4, -0.2) is 41.3 Å². The van der Waals surface area contributed by atoms with Gasteiger partial charge in [-0.05, 0) is 29.3 Å². The fourth-order valence-electron chi connectivity index (χ4n) is 3.48. The zero-order valence-corrected chi connectivity index (χ0v) is 17.2. The number of halogens is 4. The Labute approximate surface area is 186 Å². The summed E-state index contributed by atoms with van der Waals surface area (Å²) in [6.45, 7) is -0.302. The highest BCUT2D eigenvalue weighted by Gasteiger charge is 2.27. The third kappa shape index (κ3) is 5.76. The molecule has 172 valence electrons. The van der Waals surface area contributed by atoms with Gasteiger partial charge in [0.2, 0.25) is 11.8 Å². The van der Waals surface area contributed by atoms with E-state index in [9.17, 15) is 22.4 Å². The molecule has 10 heteroatoms. The van der Waals surface area contributed by atoms with E-state index in [0.717, 1.165) is 11.1 Å². The summed E-state index contributed by atoms with van der Waals surface area (Å²) in [6.07, 6.45) is -2.31. The standard InChI is InChI=1S/C23H19F4N3O3/c24-20-10-14(6-8-28-20)17-2-1-3-19-18(17)11-16(13-33-19)30-22(31)15-4-5-21(29-12-15)32-9-7-23(25,26)27/h1-6,8,10,12,16H,7,9,11,13H2,(H,30,31)/t16-/m0/s1. The molecule has 6 nitrogen and oxygen atoms in total. The number of carbonyl (C=O) groups excluding carboxylic acids is 1. The highest BCUT2D eigenvalue weighted by molar-refractivity contribution is 5.94. The number of ether oxygens (including phenoxy) is 2. The first-order chi connectivity index (χ1) is 15.8. The number of nitrogens with one attached hydrogen (secondary N) is 1. The van der Waals surface area contributed by atoms with Gasteiger partial charge in [0.15, 0.2) is 0 Å². The second-order valence-electron chi connectivity index (χ2n) is 7.43. The van der Waals surface area contributed by atoms with E-state index in [1.165, 1.54) is 30.6 Å². The van der Waals surface area contributed by atoms with E-state index in [-0.39, 0.29) is 24.1 Å². The fraction of sp³-hybridized carbons (Fsp3) is 0.261. The first-order valence-corrected chi connectivity index (χ1v) is 10.1. The third-order valence-corrected chi connectivity index (χ3v) is 5.03. The van der Waals surface area contributed by atoms with Gasteiger partial charge in [-0.3, -0.25) is 4.79 Å². The average Bonchev–Trinajstić information content (AvgIpc) is 2.78. The molecule has 1 aromatic carbocycles. The Hall–Kier alpha value is -3.69. The van der Waals surface area contributed by atoms with Crippen LogP contribution in [0.2, 0.25) is 0 Å². The maximum Gasteiger partial charge on any atom is 0.392 e. The van der Waals surface area contributed by atoms with Crippen LogP contribution < -0.4 is 14.8 Å². The highest BCUT2D eigenvalue weighted by atomic mass is 19.4. The summed E-state index contributed by atoms with van der Waals surface area (Å²) in [7, 11) is 0. The smallest absolute Gasteiger partial charge is 0.392 e. The Bertz CT molecular complexity index is 1140. The van der Waals surface area contributed by atoms with Crippen molar-refractivity contribution in [1.29, 1.82) is 0 Å². The molecule has 0 spiro atoms. The molecular formula is C23H19F4N3O3. The molecule has 0 unspecified atom stereocenters. The summed E-state index contributed by atoms with van der Waals surface area (Å²) < 4.78 is 61.0. The largest absolute Gasteiger partial charge is 0.491 e. The van der Waals surface area contributed by atoms with Gasteiger partial charge in [-0.25, -0.2) is 9.97 Å². The van der Waals surface area contributed by atoms with Gasteiger partial charge in [-0.1, -0.05) is 12.1 Å². The zero-order chi connectivity index (χ0) is 23.4. The molecule has 2 aromatic heterocycles. The van der Waals surface area contributed by atoms with Gasteiger partial charge < -0.3 is 14.8 Å². The second-order valence-corrected chi connectivity index (χ2v) is 7.43. The average molecular weight is 461 g/mol. The number of nitrogens with zero attached hydrogens (tertiary/aromatic N) is 2. The lowest BCUT2D eigenvalue weighted by atomic mass is 9.93. The van der Waals surface area contributed by atoms with Crippen LogP contribution in [0, 0.1) is 5.95 Å². The SMILES string of the molecule is O=C(N[C@@H]1COc2cccc(-c3ccnc(F)c3)c2C1)c1ccc(OCCC(F)(F)F)nc1. The lowest BCUT2D eigenvalue weighted by Crippen LogP contribution is -2.42. The minimum atomic E-state index is -4.31. The molecule has 1 N–H and O–H groups in total. The van der Waals surface area contributed by atoms with Gasteiger partial charge >= 0.3 is 6.18 Å². The maximum atomic E-state index is 13.6. The molecule has 0 saturated heterocycles. The Morgan fingerprint density at radius 3 is 2.76 bits per heavy atom. The summed E-state index contributed by atoms with van der Waals surface area (Å²) in [5.74, 6) is -0.337. The monoisotopic (exact) mass is 461 g/mol. The van der Waals surface area contributed by atoms with E-state index < -0.39 is 31.1 Å². The molecule has 0 bridgehead atoms. The van der Waals surface area contributed by atoms with E-state index in [1.54, 1.807) is 6.07 Å². The quantitative estimate of drug-likeness (QED) is 0.437. The van der Waals surface area contributed by atoms with Crippen LogP contribution in [0.1, 0.15) is 22.3 Å². The van der Waals surface area contributed by atoms with Gasteiger partial charge in [-0.2, -0.15) is 17.6 Å². The van der Waals surface area contributed by atoms with E-state index >= 15 is 0 Å². The number of carbonyl (C=O) groups is 1. The van der Waals surface area contributed by atoms with Crippen molar-refractivity contribution < 1.29 is 31.8 Å². The van der Waals surface area contributed by atoms with E-state index in [0.29, 0.717) is 17.7 Å². The maximum absolute atomic E-state index is 13.6. The number of benzene rings is 1. The normalized spacial score (nSPS) is 15.3. The summed E-state index contributed by atoms with van der Waals surface area (Å²) in [6, 6.07) is 10.9. The molecule has 0 aliphatic carbocycles. The summed E-state index contributed by atoms with van der Waals surface area (Å²) in [5.41, 5.74) is 2.51. The third-order valence-electron chi connectivity index (χ3n) is 5.03. The number of amides is 1. The van der Waals surface area contributed by atoms with Crippen molar-refractivity contribution in [3.05, 3.63) is 71.9 Å². The van der Waals surface area contributed by atoms with Crippen LogP contribution in [0.15, 0.2) is 54.9 Å². The molecule has 0 saturated carbocycles. The minimum Gasteiger partial charge on any atom is -0.491 e. The van der Waals surface area contributed by atoms with Gasteiger partial charge in [0.1, 0.15) is 12.4 Å². The van der Waals surface area contributed by atoms with Crippen molar-refractivity contribution >= 4 is 5.91 Å². The van der Waals surface area contributed by atoms with Gasteiger partial charge in [0.25, 0.3) is 5.91 Å². The molecule has 4 rings (SSSR count). The molecule has 0 fully saturated rings. The molecular weight excluding hydrogens is 442 g/mol. The van der Waals surface area contributed by atoms with E-state index in [2.05, 4.69) is 15.3 Å². The molecule has 1 amide bonds. The summed E-state index contributed by atoms with van der Waals surface area (Å²) in [4.78, 5) is 20.1. The van der Waals surface area contributed by atoms with Crippen LogP contribution in [0.4, 0.5) is 17.6 Å². The molecule has 0 radical (unpaired) electrons. The predicted octanol–water partition coefficient (Wildman–Crippen LogP) is 4.35. The zero-order valence-electron chi connectivity index (χ0n) is 17.2. The van der Waals surface area contributed by atoms with Crippen LogP contribution >= 0.6 is 0 Å². The molecule has 3 aromatic rings. The number of rotatable bonds is 6. The van der Waals surface area contributed by atoms with Crippen molar-refractivity contribution in [2.45, 2.75) is 25.1 Å². The second kappa shape index (κ2) is 9.43. The number of alkyl halides is 3. The Balaban J connectivity index is 1.41. The summed E-state index contributed by atoms with van der Waals surface area (Å²) >= 11 is 0. The van der Waals surface area contributed by atoms with Gasteiger partial charge in [-0.15, -0.1) is 0 Å². The van der Waals surface area contributed by atoms with Gasteiger partial charge in [0.05, 0.1) is 24.6 Å². The van der Waals surface area contributed by atoms with Crippen molar-refractivity contribution in [2.24, 2.45) is 0 Å². The molecule has 1 atom stereocenters. The Kier molecular flexibility index (Phi) is 6.43. The van der Waals surface area contributed by atoms with Crippen LogP contribution in [0.3, 0.4) is 0 Å². The van der Waals surface area contributed by atoms with Crippen molar-refractivity contribution in [3.8, 4) is 22.8 Å². The lowest BCUT2D eigenvalue weighted by molar-refractivity contribution is -0.139. The number of fused-ring (bicyclic) bond motifs is 1.